The maximum atomic E-state index is 12.6. The number of carbonyl (C=O) groups excluding carboxylic acids is 1. The zero-order chi connectivity index (χ0) is 19.5. The summed E-state index contributed by atoms with van der Waals surface area (Å²) in [6, 6.07) is 16.0. The molecule has 8 heteroatoms. The summed E-state index contributed by atoms with van der Waals surface area (Å²) in [4.78, 5) is 23.3. The third kappa shape index (κ3) is 4.29. The lowest BCUT2D eigenvalue weighted by atomic mass is 10.3. The molecule has 0 N–H and O–H groups in total. The van der Waals surface area contributed by atoms with Crippen LogP contribution in [-0.4, -0.2) is 38.1 Å². The van der Waals surface area contributed by atoms with E-state index in [1.54, 1.807) is 22.4 Å². The fraction of sp³-hybridized carbons (Fsp3) is 0.150. The molecule has 2 aromatic heterocycles. The highest BCUT2D eigenvalue weighted by molar-refractivity contribution is 9.10. The van der Waals surface area contributed by atoms with E-state index in [9.17, 15) is 4.79 Å². The fourth-order valence-electron chi connectivity index (χ4n) is 2.71. The highest BCUT2D eigenvalue weighted by Gasteiger charge is 2.14. The number of halogens is 1. The standard InChI is InChI=1S/C20H17BrN4OS2/c1-24(12-18-23-16-4-2-3-5-17(16)28-18)19(26)13-27-20-22-10-11-25(20)15-8-6-14(21)7-9-15/h2-11H,12-13H2,1H3. The normalized spacial score (nSPS) is 11.1. The van der Waals surface area contributed by atoms with Gasteiger partial charge in [-0.1, -0.05) is 39.8 Å². The Kier molecular flexibility index (Phi) is 5.79. The highest BCUT2D eigenvalue weighted by atomic mass is 79.9. The second kappa shape index (κ2) is 8.46. The van der Waals surface area contributed by atoms with E-state index in [2.05, 4.69) is 32.0 Å². The molecule has 5 nitrogen and oxygen atoms in total. The Morgan fingerprint density at radius 2 is 2.00 bits per heavy atom. The maximum absolute atomic E-state index is 12.6. The first-order valence-electron chi connectivity index (χ1n) is 8.60. The van der Waals surface area contributed by atoms with Crippen molar-refractivity contribution in [2.75, 3.05) is 12.8 Å². The molecule has 0 saturated carbocycles. The third-order valence-electron chi connectivity index (χ3n) is 4.17. The first-order valence-corrected chi connectivity index (χ1v) is 11.2. The van der Waals surface area contributed by atoms with E-state index < -0.39 is 0 Å². The number of imidazole rings is 1. The largest absolute Gasteiger partial charge is 0.338 e. The Morgan fingerprint density at radius 3 is 2.79 bits per heavy atom. The molecule has 4 aromatic rings. The Balaban J connectivity index is 1.39. The van der Waals surface area contributed by atoms with Crippen molar-refractivity contribution in [2.24, 2.45) is 0 Å². The van der Waals surface area contributed by atoms with Gasteiger partial charge in [-0.15, -0.1) is 11.3 Å². The van der Waals surface area contributed by atoms with Crippen LogP contribution in [0, 0.1) is 0 Å². The summed E-state index contributed by atoms with van der Waals surface area (Å²) in [5.41, 5.74) is 1.99. The molecular weight excluding hydrogens is 456 g/mol. The van der Waals surface area contributed by atoms with Crippen LogP contribution in [0.4, 0.5) is 0 Å². The lowest BCUT2D eigenvalue weighted by Crippen LogP contribution is -2.27. The Hall–Kier alpha value is -2.16. The average Bonchev–Trinajstić information content (AvgIpc) is 3.32. The highest BCUT2D eigenvalue weighted by Crippen LogP contribution is 2.24. The smallest absolute Gasteiger partial charge is 0.233 e. The minimum Gasteiger partial charge on any atom is -0.338 e. The molecule has 0 radical (unpaired) electrons. The molecule has 0 saturated heterocycles. The number of hydrogen-bond donors (Lipinski definition) is 0. The molecule has 2 heterocycles. The SMILES string of the molecule is CN(Cc1nc2ccccc2s1)C(=O)CSc1nccn1-c1ccc(Br)cc1. The van der Waals surface area contributed by atoms with Crippen molar-refractivity contribution in [1.29, 1.82) is 0 Å². The van der Waals surface area contributed by atoms with Crippen molar-refractivity contribution in [3.05, 3.63) is 70.4 Å². The van der Waals surface area contributed by atoms with Crippen molar-refractivity contribution >= 4 is 55.2 Å². The number of thiazole rings is 1. The second-order valence-electron chi connectivity index (χ2n) is 6.17. The number of benzene rings is 2. The fourth-order valence-corrected chi connectivity index (χ4v) is 4.91. The number of hydrogen-bond acceptors (Lipinski definition) is 5. The maximum Gasteiger partial charge on any atom is 0.233 e. The molecule has 1 amide bonds. The van der Waals surface area contributed by atoms with E-state index >= 15 is 0 Å². The molecule has 4 rings (SSSR count). The van der Waals surface area contributed by atoms with Crippen LogP contribution in [-0.2, 0) is 11.3 Å². The predicted molar refractivity (Wildman–Crippen MR) is 118 cm³/mol. The van der Waals surface area contributed by atoms with Gasteiger partial charge in [-0.25, -0.2) is 9.97 Å². The molecular formula is C20H17BrN4OS2. The summed E-state index contributed by atoms with van der Waals surface area (Å²) in [6.45, 7) is 0.514. The summed E-state index contributed by atoms with van der Waals surface area (Å²) in [7, 11) is 1.82. The van der Waals surface area contributed by atoms with E-state index in [1.807, 2.05) is 60.3 Å². The minimum atomic E-state index is 0.0506. The van der Waals surface area contributed by atoms with E-state index in [1.165, 1.54) is 11.8 Å². The van der Waals surface area contributed by atoms with Crippen LogP contribution in [0.3, 0.4) is 0 Å². The lowest BCUT2D eigenvalue weighted by molar-refractivity contribution is -0.127. The Morgan fingerprint density at radius 1 is 1.21 bits per heavy atom. The van der Waals surface area contributed by atoms with Crippen LogP contribution in [0.25, 0.3) is 15.9 Å². The Labute approximate surface area is 179 Å². The Bertz CT molecular complexity index is 1070. The summed E-state index contributed by atoms with van der Waals surface area (Å²) in [6.07, 6.45) is 3.65. The van der Waals surface area contributed by atoms with Gasteiger partial charge in [0.1, 0.15) is 5.01 Å². The van der Waals surface area contributed by atoms with Crippen LogP contribution in [0.15, 0.2) is 70.6 Å². The summed E-state index contributed by atoms with van der Waals surface area (Å²) < 4.78 is 4.15. The van der Waals surface area contributed by atoms with Gasteiger partial charge in [0, 0.05) is 29.6 Å². The molecule has 0 aliphatic heterocycles. The third-order valence-corrected chi connectivity index (χ3v) is 6.67. The van der Waals surface area contributed by atoms with Crippen LogP contribution < -0.4 is 0 Å². The van der Waals surface area contributed by atoms with Gasteiger partial charge in [-0.3, -0.25) is 9.36 Å². The monoisotopic (exact) mass is 472 g/mol. The summed E-state index contributed by atoms with van der Waals surface area (Å²) in [5.74, 6) is 0.379. The number of rotatable bonds is 6. The zero-order valence-electron chi connectivity index (χ0n) is 15.1. The number of carbonyl (C=O) groups is 1. The van der Waals surface area contributed by atoms with Gasteiger partial charge in [-0.2, -0.15) is 0 Å². The zero-order valence-corrected chi connectivity index (χ0v) is 18.3. The van der Waals surface area contributed by atoms with Gasteiger partial charge < -0.3 is 4.90 Å². The van der Waals surface area contributed by atoms with Crippen molar-refractivity contribution in [1.82, 2.24) is 19.4 Å². The van der Waals surface area contributed by atoms with E-state index in [0.717, 1.165) is 30.5 Å². The number of thioether (sulfide) groups is 1. The molecule has 142 valence electrons. The van der Waals surface area contributed by atoms with Crippen LogP contribution >= 0.6 is 39.0 Å². The molecule has 2 aromatic carbocycles. The molecule has 0 spiro atoms. The molecule has 0 atom stereocenters. The van der Waals surface area contributed by atoms with E-state index in [-0.39, 0.29) is 5.91 Å². The first-order chi connectivity index (χ1) is 13.6. The van der Waals surface area contributed by atoms with Gasteiger partial charge in [-0.05, 0) is 36.4 Å². The molecule has 0 aliphatic rings. The van der Waals surface area contributed by atoms with Gasteiger partial charge >= 0.3 is 0 Å². The van der Waals surface area contributed by atoms with Crippen molar-refractivity contribution in [3.63, 3.8) is 0 Å². The first kappa shape index (κ1) is 19.2. The quantitative estimate of drug-likeness (QED) is 0.370. The van der Waals surface area contributed by atoms with E-state index in [0.29, 0.717) is 12.3 Å². The van der Waals surface area contributed by atoms with Gasteiger partial charge in [0.2, 0.25) is 5.91 Å². The molecule has 0 fully saturated rings. The predicted octanol–water partition coefficient (Wildman–Crippen LogP) is 5.00. The number of aromatic nitrogens is 3. The van der Waals surface area contributed by atoms with Crippen molar-refractivity contribution < 1.29 is 4.79 Å². The summed E-state index contributed by atoms with van der Waals surface area (Å²) >= 11 is 6.51. The summed E-state index contributed by atoms with van der Waals surface area (Å²) in [5, 5.41) is 1.74. The second-order valence-corrected chi connectivity index (χ2v) is 9.14. The number of amides is 1. The van der Waals surface area contributed by atoms with Gasteiger partial charge in [0.25, 0.3) is 0 Å². The van der Waals surface area contributed by atoms with Crippen molar-refractivity contribution in [2.45, 2.75) is 11.7 Å². The van der Waals surface area contributed by atoms with Gasteiger partial charge in [0.15, 0.2) is 5.16 Å². The molecule has 28 heavy (non-hydrogen) atoms. The van der Waals surface area contributed by atoms with Crippen LogP contribution in [0.5, 0.6) is 0 Å². The topological polar surface area (TPSA) is 51.0 Å². The molecule has 0 bridgehead atoms. The number of nitrogens with zero attached hydrogens (tertiary/aromatic N) is 4. The lowest BCUT2D eigenvalue weighted by Gasteiger charge is -2.15. The van der Waals surface area contributed by atoms with Crippen molar-refractivity contribution in [3.8, 4) is 5.69 Å². The van der Waals surface area contributed by atoms with Crippen LogP contribution in [0.2, 0.25) is 0 Å². The number of para-hydroxylation sites is 1. The molecule has 0 aliphatic carbocycles. The van der Waals surface area contributed by atoms with Gasteiger partial charge in [0.05, 0.1) is 22.5 Å². The minimum absolute atomic E-state index is 0.0506. The molecule has 0 unspecified atom stereocenters. The number of fused-ring (bicyclic) bond motifs is 1. The average molecular weight is 473 g/mol. The van der Waals surface area contributed by atoms with E-state index in [4.69, 9.17) is 0 Å². The van der Waals surface area contributed by atoms with Crippen LogP contribution in [0.1, 0.15) is 5.01 Å².